The van der Waals surface area contributed by atoms with Crippen molar-refractivity contribution in [2.24, 2.45) is 0 Å². The van der Waals surface area contributed by atoms with Crippen LogP contribution < -0.4 is 0 Å². The fraction of sp³-hybridized carbons (Fsp3) is 0.973. The van der Waals surface area contributed by atoms with E-state index in [0.717, 1.165) is 25.7 Å². The number of ether oxygens (including phenoxy) is 2. The molecule has 0 unspecified atom stereocenters. The topological polar surface area (TPSA) is 52.6 Å². The van der Waals surface area contributed by atoms with Gasteiger partial charge < -0.3 is 9.47 Å². The molecule has 0 aromatic rings. The number of hydrogen-bond acceptors (Lipinski definition) is 4. The van der Waals surface area contributed by atoms with Gasteiger partial charge in [-0.25, -0.2) is 0 Å². The highest BCUT2D eigenvalue weighted by Crippen LogP contribution is 2.19. The maximum Gasteiger partial charge on any atom is 0.305 e. The summed E-state index contributed by atoms with van der Waals surface area (Å²) in [5.74, 6) is 0.0579. The summed E-state index contributed by atoms with van der Waals surface area (Å²) in [6, 6.07) is 0. The Morgan fingerprint density at radius 3 is 0.423 bits per heavy atom. The second-order valence-electron chi connectivity index (χ2n) is 25.2. The first-order chi connectivity index (χ1) is 38.6. The zero-order valence-electron chi connectivity index (χ0n) is 54.7. The summed E-state index contributed by atoms with van der Waals surface area (Å²) in [5, 5.41) is 0. The van der Waals surface area contributed by atoms with Crippen LogP contribution in [0.1, 0.15) is 451 Å². The molecule has 0 aliphatic heterocycles. The normalized spacial score (nSPS) is 11.3. The van der Waals surface area contributed by atoms with E-state index in [4.69, 9.17) is 9.47 Å². The van der Waals surface area contributed by atoms with Crippen LogP contribution in [0, 0.1) is 0 Å². The van der Waals surface area contributed by atoms with E-state index < -0.39 is 0 Å². The first-order valence-electron chi connectivity index (χ1n) is 36.9. The quantitative estimate of drug-likeness (QED) is 0.0450. The van der Waals surface area contributed by atoms with Crippen LogP contribution in [0.15, 0.2) is 0 Å². The van der Waals surface area contributed by atoms with E-state index in [9.17, 15) is 9.59 Å². The standard InChI is InChI=1S/C38H76O2.C36H72O2/c1-3-5-7-9-11-13-15-17-19-21-22-24-26-28-30-32-34-36-38(39)40-37-35-33-31-29-27-25-23-20-18-16-14-12-10-8-6-4-2;1-3-5-7-9-11-13-15-17-19-21-23-25-27-29-31-33-35-38-36(37)34-32-30-28-26-24-22-20-18-16-14-12-10-8-6-4-2/h3-37H2,1-2H3;3-35H2,1-2H3. The Kier molecular flexibility index (Phi) is 76.9. The van der Waals surface area contributed by atoms with Crippen LogP contribution in [0.3, 0.4) is 0 Å². The average molecular weight is 1100 g/mol. The maximum atomic E-state index is 11.9. The van der Waals surface area contributed by atoms with Gasteiger partial charge in [0.15, 0.2) is 0 Å². The summed E-state index contributed by atoms with van der Waals surface area (Å²) >= 11 is 0. The first-order valence-corrected chi connectivity index (χ1v) is 36.9. The molecule has 0 spiro atoms. The lowest BCUT2D eigenvalue weighted by molar-refractivity contribution is -0.144. The van der Waals surface area contributed by atoms with Gasteiger partial charge in [-0.2, -0.15) is 0 Å². The molecule has 0 N–H and O–H groups in total. The van der Waals surface area contributed by atoms with E-state index in [2.05, 4.69) is 27.7 Å². The Balaban J connectivity index is 0. The number of unbranched alkanes of at least 4 members (excludes halogenated alkanes) is 60. The first kappa shape index (κ1) is 79.0. The van der Waals surface area contributed by atoms with Crippen molar-refractivity contribution in [2.75, 3.05) is 13.2 Å². The van der Waals surface area contributed by atoms with Gasteiger partial charge >= 0.3 is 11.9 Å². The van der Waals surface area contributed by atoms with Gasteiger partial charge in [-0.1, -0.05) is 413 Å². The summed E-state index contributed by atoms with van der Waals surface area (Å²) in [5.41, 5.74) is 0. The van der Waals surface area contributed by atoms with Gasteiger partial charge in [-0.3, -0.25) is 9.59 Å². The Hall–Kier alpha value is -1.06. The van der Waals surface area contributed by atoms with E-state index >= 15 is 0 Å². The predicted octanol–water partition coefficient (Wildman–Crippen LogP) is 26.9. The van der Waals surface area contributed by atoms with Crippen LogP contribution in [0.5, 0.6) is 0 Å². The van der Waals surface area contributed by atoms with Gasteiger partial charge in [0.1, 0.15) is 0 Å². The van der Waals surface area contributed by atoms with Gasteiger partial charge in [0.05, 0.1) is 13.2 Å². The molecular weight excluding hydrogens is 953 g/mol. The molecule has 0 aromatic carbocycles. The smallest absolute Gasteiger partial charge is 0.305 e. The minimum absolute atomic E-state index is 0.0284. The van der Waals surface area contributed by atoms with E-state index in [1.54, 1.807) is 0 Å². The lowest BCUT2D eigenvalue weighted by Crippen LogP contribution is -2.05. The van der Waals surface area contributed by atoms with Crippen molar-refractivity contribution in [2.45, 2.75) is 451 Å². The van der Waals surface area contributed by atoms with Crippen molar-refractivity contribution < 1.29 is 19.1 Å². The SMILES string of the molecule is CCCCCCCCCCCCCCCCCCCC(=O)OCCCCCCCCCCCCCCCCCC.CCCCCCCCCCCCCCCCCCOC(=O)CCCCCCCCCCCCCCCCC. The summed E-state index contributed by atoms with van der Waals surface area (Å²) in [4.78, 5) is 23.9. The van der Waals surface area contributed by atoms with Crippen LogP contribution in [0.2, 0.25) is 0 Å². The summed E-state index contributed by atoms with van der Waals surface area (Å²) in [6.45, 7) is 10.4. The number of carbonyl (C=O) groups excluding carboxylic acids is 2. The Bertz CT molecular complexity index is 1020. The van der Waals surface area contributed by atoms with Crippen molar-refractivity contribution in [1.29, 1.82) is 0 Å². The largest absolute Gasteiger partial charge is 0.466 e. The molecule has 0 aliphatic carbocycles. The molecule has 0 rings (SSSR count). The molecule has 4 nitrogen and oxygen atoms in total. The molecule has 0 saturated carbocycles. The number of carbonyl (C=O) groups is 2. The Labute approximate surface area is 493 Å². The molecule has 0 saturated heterocycles. The lowest BCUT2D eigenvalue weighted by atomic mass is 10.0. The van der Waals surface area contributed by atoms with Gasteiger partial charge in [0, 0.05) is 12.8 Å². The van der Waals surface area contributed by atoms with Gasteiger partial charge in [0.25, 0.3) is 0 Å². The van der Waals surface area contributed by atoms with Gasteiger partial charge in [-0.05, 0) is 25.7 Å². The zero-order valence-corrected chi connectivity index (χ0v) is 54.7. The minimum Gasteiger partial charge on any atom is -0.466 e. The molecule has 0 atom stereocenters. The molecule has 4 heteroatoms. The summed E-state index contributed by atoms with van der Waals surface area (Å²) in [7, 11) is 0. The second kappa shape index (κ2) is 75.9. The van der Waals surface area contributed by atoms with Crippen LogP contribution in [0.25, 0.3) is 0 Å². The molecule has 0 heterocycles. The predicted molar refractivity (Wildman–Crippen MR) is 349 cm³/mol. The third-order valence-electron chi connectivity index (χ3n) is 17.0. The highest BCUT2D eigenvalue weighted by Gasteiger charge is 2.05. The van der Waals surface area contributed by atoms with Crippen LogP contribution in [-0.2, 0) is 19.1 Å². The lowest BCUT2D eigenvalue weighted by Gasteiger charge is -2.06. The van der Waals surface area contributed by atoms with Crippen LogP contribution in [-0.4, -0.2) is 25.2 Å². The van der Waals surface area contributed by atoms with Crippen molar-refractivity contribution in [3.63, 3.8) is 0 Å². The molecule has 0 aromatic heterocycles. The molecule has 468 valence electrons. The minimum atomic E-state index is 0.0284. The molecule has 0 amide bonds. The zero-order chi connectivity index (χ0) is 56.7. The van der Waals surface area contributed by atoms with Crippen LogP contribution >= 0.6 is 0 Å². The van der Waals surface area contributed by atoms with Gasteiger partial charge in [-0.15, -0.1) is 0 Å². The van der Waals surface area contributed by atoms with E-state index in [-0.39, 0.29) is 11.9 Å². The molecular formula is C74H148O4. The maximum absolute atomic E-state index is 11.9. The number of rotatable bonds is 68. The fourth-order valence-electron chi connectivity index (χ4n) is 11.5. The molecule has 0 radical (unpaired) electrons. The van der Waals surface area contributed by atoms with Crippen LogP contribution in [0.4, 0.5) is 0 Å². The van der Waals surface area contributed by atoms with Crippen molar-refractivity contribution in [1.82, 2.24) is 0 Å². The van der Waals surface area contributed by atoms with E-state index in [0.29, 0.717) is 26.1 Å². The van der Waals surface area contributed by atoms with Crippen molar-refractivity contribution in [3.8, 4) is 0 Å². The Morgan fingerprint density at radius 2 is 0.282 bits per heavy atom. The van der Waals surface area contributed by atoms with Gasteiger partial charge in [0.2, 0.25) is 0 Å². The molecule has 78 heavy (non-hydrogen) atoms. The summed E-state index contributed by atoms with van der Waals surface area (Å²) in [6.07, 6.45) is 89.1. The third-order valence-corrected chi connectivity index (χ3v) is 17.0. The van der Waals surface area contributed by atoms with E-state index in [1.807, 2.05) is 0 Å². The van der Waals surface area contributed by atoms with E-state index in [1.165, 1.54) is 385 Å². The molecule has 0 bridgehead atoms. The molecule has 0 aliphatic rings. The third kappa shape index (κ3) is 77.0. The fourth-order valence-corrected chi connectivity index (χ4v) is 11.5. The summed E-state index contributed by atoms with van der Waals surface area (Å²) < 4.78 is 10.9. The monoisotopic (exact) mass is 1100 g/mol. The highest BCUT2D eigenvalue weighted by molar-refractivity contribution is 5.69. The highest BCUT2D eigenvalue weighted by atomic mass is 16.5. The molecule has 0 fully saturated rings. The number of hydrogen-bond donors (Lipinski definition) is 0. The Morgan fingerprint density at radius 1 is 0.167 bits per heavy atom. The van der Waals surface area contributed by atoms with Crippen molar-refractivity contribution >= 4 is 11.9 Å². The van der Waals surface area contributed by atoms with Crippen molar-refractivity contribution in [3.05, 3.63) is 0 Å². The number of esters is 2. The second-order valence-corrected chi connectivity index (χ2v) is 25.2. The average Bonchev–Trinajstić information content (AvgIpc) is 3.44.